The molecule has 0 radical (unpaired) electrons. The largest absolute Gasteiger partial charge is 0.465 e. The number of aromatic nitrogens is 2. The highest BCUT2D eigenvalue weighted by molar-refractivity contribution is 7.09. The van der Waals surface area contributed by atoms with Crippen LogP contribution in [0.5, 0.6) is 0 Å². The number of hydrogen-bond acceptors (Lipinski definition) is 7. The van der Waals surface area contributed by atoms with E-state index in [-0.39, 0.29) is 6.04 Å². The summed E-state index contributed by atoms with van der Waals surface area (Å²) < 4.78 is 4.75. The molecule has 0 aliphatic carbocycles. The molecule has 20 heavy (non-hydrogen) atoms. The molecule has 0 amide bonds. The van der Waals surface area contributed by atoms with E-state index < -0.39 is 5.97 Å². The molecule has 0 bridgehead atoms. The van der Waals surface area contributed by atoms with Gasteiger partial charge < -0.3 is 15.8 Å². The Morgan fingerprint density at radius 1 is 1.55 bits per heavy atom. The van der Waals surface area contributed by atoms with Crippen molar-refractivity contribution >= 4 is 28.8 Å². The van der Waals surface area contributed by atoms with Crippen LogP contribution >= 0.6 is 11.3 Å². The lowest BCUT2D eigenvalue weighted by atomic mass is 10.2. The number of nitrogens with two attached hydrogens (primary N) is 1. The van der Waals surface area contributed by atoms with Crippen molar-refractivity contribution in [3.05, 3.63) is 34.4 Å². The van der Waals surface area contributed by atoms with Crippen molar-refractivity contribution in [1.29, 1.82) is 0 Å². The third-order valence-electron chi connectivity index (χ3n) is 2.78. The SMILES string of the molecule is CCC(Nc1ncc(N)cc1C(=O)OC)c1nccs1. The summed E-state index contributed by atoms with van der Waals surface area (Å²) in [5.41, 5.74) is 6.41. The Bertz CT molecular complexity index is 586. The van der Waals surface area contributed by atoms with E-state index in [1.165, 1.54) is 13.3 Å². The Morgan fingerprint density at radius 2 is 2.35 bits per heavy atom. The fraction of sp³-hybridized carbons (Fsp3) is 0.308. The molecule has 7 heteroatoms. The molecule has 2 aromatic rings. The number of pyridine rings is 1. The van der Waals surface area contributed by atoms with Gasteiger partial charge in [0.15, 0.2) is 0 Å². The van der Waals surface area contributed by atoms with Crippen LogP contribution in [0.1, 0.15) is 34.8 Å². The number of nitrogens with one attached hydrogen (secondary N) is 1. The Morgan fingerprint density at radius 3 is 2.95 bits per heavy atom. The van der Waals surface area contributed by atoms with Gasteiger partial charge in [-0.25, -0.2) is 14.8 Å². The van der Waals surface area contributed by atoms with E-state index in [0.29, 0.717) is 17.1 Å². The standard InChI is InChI=1S/C13H16N4O2S/c1-3-10(12-15-4-5-20-12)17-11-9(13(18)19-2)6-8(14)7-16-11/h4-7,10H,3,14H2,1-2H3,(H,16,17). The Balaban J connectivity index is 2.30. The number of rotatable bonds is 5. The van der Waals surface area contributed by atoms with Crippen LogP contribution in [0, 0.1) is 0 Å². The molecule has 0 aliphatic rings. The van der Waals surface area contributed by atoms with Crippen LogP contribution in [0.3, 0.4) is 0 Å². The van der Waals surface area contributed by atoms with Gasteiger partial charge in [0.05, 0.1) is 25.0 Å². The summed E-state index contributed by atoms with van der Waals surface area (Å²) in [4.78, 5) is 20.2. The molecular weight excluding hydrogens is 276 g/mol. The molecule has 0 aliphatic heterocycles. The Labute approximate surface area is 121 Å². The molecule has 1 unspecified atom stereocenters. The van der Waals surface area contributed by atoms with Crippen LogP contribution in [0.15, 0.2) is 23.8 Å². The van der Waals surface area contributed by atoms with E-state index >= 15 is 0 Å². The fourth-order valence-electron chi connectivity index (χ4n) is 1.77. The summed E-state index contributed by atoms with van der Waals surface area (Å²) in [7, 11) is 1.33. The molecule has 0 fully saturated rings. The quantitative estimate of drug-likeness (QED) is 0.823. The predicted molar refractivity (Wildman–Crippen MR) is 78.8 cm³/mol. The molecule has 2 aromatic heterocycles. The highest BCUT2D eigenvalue weighted by atomic mass is 32.1. The second-order valence-electron chi connectivity index (χ2n) is 4.13. The Hall–Kier alpha value is -2.15. The van der Waals surface area contributed by atoms with Crippen molar-refractivity contribution in [2.45, 2.75) is 19.4 Å². The second-order valence-corrected chi connectivity index (χ2v) is 5.06. The summed E-state index contributed by atoms with van der Waals surface area (Å²) in [6.07, 6.45) is 4.07. The zero-order chi connectivity index (χ0) is 14.5. The van der Waals surface area contributed by atoms with Gasteiger partial charge in [0.2, 0.25) is 0 Å². The number of ether oxygens (including phenoxy) is 1. The number of hydrogen-bond donors (Lipinski definition) is 2. The first-order valence-electron chi connectivity index (χ1n) is 6.15. The van der Waals surface area contributed by atoms with Gasteiger partial charge in [0, 0.05) is 11.6 Å². The van der Waals surface area contributed by atoms with Crippen LogP contribution in [-0.2, 0) is 4.74 Å². The number of nitrogens with zero attached hydrogens (tertiary/aromatic N) is 2. The maximum absolute atomic E-state index is 11.8. The van der Waals surface area contributed by atoms with Crippen molar-refractivity contribution in [2.24, 2.45) is 0 Å². The van der Waals surface area contributed by atoms with Gasteiger partial charge in [0.1, 0.15) is 16.4 Å². The molecule has 3 N–H and O–H groups in total. The molecule has 1 atom stereocenters. The number of carbonyl (C=O) groups is 1. The first kappa shape index (κ1) is 14.3. The second kappa shape index (κ2) is 6.33. The highest BCUT2D eigenvalue weighted by Crippen LogP contribution is 2.26. The van der Waals surface area contributed by atoms with Crippen LogP contribution in [-0.4, -0.2) is 23.0 Å². The highest BCUT2D eigenvalue weighted by Gasteiger charge is 2.18. The molecule has 106 valence electrons. The number of anilines is 2. The van der Waals surface area contributed by atoms with E-state index in [1.54, 1.807) is 23.6 Å². The molecule has 0 spiro atoms. The van der Waals surface area contributed by atoms with Crippen LogP contribution in [0.25, 0.3) is 0 Å². The predicted octanol–water partition coefficient (Wildman–Crippen LogP) is 2.47. The lowest BCUT2D eigenvalue weighted by molar-refractivity contribution is 0.0601. The average molecular weight is 292 g/mol. The zero-order valence-corrected chi connectivity index (χ0v) is 12.1. The first-order valence-corrected chi connectivity index (χ1v) is 7.03. The lowest BCUT2D eigenvalue weighted by Gasteiger charge is -2.17. The normalized spacial score (nSPS) is 11.9. The van der Waals surface area contributed by atoms with E-state index in [2.05, 4.69) is 15.3 Å². The van der Waals surface area contributed by atoms with Crippen molar-refractivity contribution in [1.82, 2.24) is 9.97 Å². The summed E-state index contributed by atoms with van der Waals surface area (Å²) in [5.74, 6) is -0.0191. The molecule has 0 saturated heterocycles. The van der Waals surface area contributed by atoms with E-state index in [4.69, 9.17) is 10.5 Å². The average Bonchev–Trinajstić information content (AvgIpc) is 2.99. The van der Waals surface area contributed by atoms with E-state index in [1.807, 2.05) is 12.3 Å². The maximum atomic E-state index is 11.8. The Kier molecular flexibility index (Phi) is 4.52. The van der Waals surface area contributed by atoms with Crippen molar-refractivity contribution in [2.75, 3.05) is 18.2 Å². The van der Waals surface area contributed by atoms with Crippen molar-refractivity contribution in [3.8, 4) is 0 Å². The van der Waals surface area contributed by atoms with Gasteiger partial charge in [-0.15, -0.1) is 11.3 Å². The number of carbonyl (C=O) groups excluding carboxylic acids is 1. The number of methoxy groups -OCH3 is 1. The summed E-state index contributed by atoms with van der Waals surface area (Å²) in [5, 5.41) is 6.08. The minimum Gasteiger partial charge on any atom is -0.465 e. The summed E-state index contributed by atoms with van der Waals surface area (Å²) in [6, 6.07) is 1.55. The van der Waals surface area contributed by atoms with Gasteiger partial charge >= 0.3 is 5.97 Å². The number of esters is 1. The van der Waals surface area contributed by atoms with Crippen LogP contribution < -0.4 is 11.1 Å². The third-order valence-corrected chi connectivity index (χ3v) is 3.67. The summed E-state index contributed by atoms with van der Waals surface area (Å²) in [6.45, 7) is 2.04. The molecule has 0 saturated carbocycles. The van der Waals surface area contributed by atoms with E-state index in [0.717, 1.165) is 11.4 Å². The molecule has 2 heterocycles. The van der Waals surface area contributed by atoms with Crippen molar-refractivity contribution in [3.63, 3.8) is 0 Å². The molecule has 0 aromatic carbocycles. The number of nitrogen functional groups attached to an aromatic ring is 1. The molecule has 2 rings (SSSR count). The first-order chi connectivity index (χ1) is 9.65. The molecule has 6 nitrogen and oxygen atoms in total. The van der Waals surface area contributed by atoms with Gasteiger partial charge in [-0.2, -0.15) is 0 Å². The monoisotopic (exact) mass is 292 g/mol. The van der Waals surface area contributed by atoms with E-state index in [9.17, 15) is 4.79 Å². The summed E-state index contributed by atoms with van der Waals surface area (Å²) >= 11 is 1.56. The van der Waals surface area contributed by atoms with Gasteiger partial charge in [0.25, 0.3) is 0 Å². The van der Waals surface area contributed by atoms with Gasteiger partial charge in [-0.3, -0.25) is 0 Å². The smallest absolute Gasteiger partial charge is 0.341 e. The zero-order valence-electron chi connectivity index (χ0n) is 11.3. The number of thiazole rings is 1. The topological polar surface area (TPSA) is 90.1 Å². The maximum Gasteiger partial charge on any atom is 0.341 e. The fourth-order valence-corrected chi connectivity index (χ4v) is 2.54. The van der Waals surface area contributed by atoms with Gasteiger partial charge in [-0.05, 0) is 12.5 Å². The lowest BCUT2D eigenvalue weighted by Crippen LogP contribution is -2.15. The minimum absolute atomic E-state index is 0.00506. The minimum atomic E-state index is -0.471. The van der Waals surface area contributed by atoms with Crippen LogP contribution in [0.4, 0.5) is 11.5 Å². The van der Waals surface area contributed by atoms with Crippen LogP contribution in [0.2, 0.25) is 0 Å². The molecular formula is C13H16N4O2S. The third kappa shape index (κ3) is 3.05. The van der Waals surface area contributed by atoms with Crippen molar-refractivity contribution < 1.29 is 9.53 Å². The van der Waals surface area contributed by atoms with Gasteiger partial charge in [-0.1, -0.05) is 6.92 Å².